The Labute approximate surface area is 160 Å². The molecule has 0 atom stereocenters. The third-order valence-electron chi connectivity index (χ3n) is 5.73. The van der Waals surface area contributed by atoms with Gasteiger partial charge in [-0.15, -0.1) is 0 Å². The highest BCUT2D eigenvalue weighted by Crippen LogP contribution is 2.31. The maximum Gasteiger partial charge on any atom is 0.311 e. The number of aromatic nitrogens is 1. The van der Waals surface area contributed by atoms with E-state index >= 15 is 0 Å². The van der Waals surface area contributed by atoms with E-state index < -0.39 is 11.2 Å². The molecule has 136 valence electrons. The van der Waals surface area contributed by atoms with Gasteiger partial charge in [0.1, 0.15) is 0 Å². The summed E-state index contributed by atoms with van der Waals surface area (Å²) in [6.45, 7) is 7.38. The molecule has 1 aromatic heterocycles. The van der Waals surface area contributed by atoms with Crippen molar-refractivity contribution in [3.05, 3.63) is 60.8 Å². The molecule has 0 amide bonds. The highest BCUT2D eigenvalue weighted by Gasteiger charge is 2.35. The molecule has 0 aliphatic rings. The minimum absolute atomic E-state index is 0.396. The van der Waals surface area contributed by atoms with Crippen LogP contribution in [0.2, 0.25) is 0 Å². The fourth-order valence-corrected chi connectivity index (χ4v) is 3.37. The van der Waals surface area contributed by atoms with Gasteiger partial charge in [0, 0.05) is 11.6 Å². The Hall–Kier alpha value is -2.43. The number of hydrogen-bond donors (Lipinski definition) is 1. The van der Waals surface area contributed by atoms with Gasteiger partial charge in [-0.2, -0.15) is 0 Å². The largest absolute Gasteiger partial charge is 0.427 e. The predicted molar refractivity (Wildman–Crippen MR) is 115 cm³/mol. The number of rotatable bonds is 4. The molecule has 0 saturated carbocycles. The second kappa shape index (κ2) is 6.33. The Morgan fingerprint density at radius 1 is 0.889 bits per heavy atom. The molecule has 1 N–H and O–H groups in total. The van der Waals surface area contributed by atoms with Gasteiger partial charge in [0.15, 0.2) is 0 Å². The van der Waals surface area contributed by atoms with Crippen LogP contribution < -0.4 is 5.46 Å². The van der Waals surface area contributed by atoms with Gasteiger partial charge < -0.3 is 9.76 Å². The molecule has 0 unspecified atom stereocenters. The summed E-state index contributed by atoms with van der Waals surface area (Å²) in [6, 6.07) is 19.0. The lowest BCUT2D eigenvalue weighted by molar-refractivity contribution is -0.0893. The summed E-state index contributed by atoms with van der Waals surface area (Å²) in [5.41, 5.74) is 0.369. The zero-order valence-electron chi connectivity index (χ0n) is 16.3. The Balaban J connectivity index is 1.91. The molecule has 27 heavy (non-hydrogen) atoms. The third-order valence-corrected chi connectivity index (χ3v) is 5.73. The van der Waals surface area contributed by atoms with E-state index in [0.717, 1.165) is 16.4 Å². The van der Waals surface area contributed by atoms with Crippen molar-refractivity contribution in [3.8, 4) is 0 Å². The van der Waals surface area contributed by atoms with Crippen LogP contribution in [0.15, 0.2) is 60.8 Å². The van der Waals surface area contributed by atoms with Gasteiger partial charge in [-0.3, -0.25) is 4.98 Å². The van der Waals surface area contributed by atoms with E-state index in [9.17, 15) is 5.11 Å². The van der Waals surface area contributed by atoms with Crippen LogP contribution in [0.3, 0.4) is 0 Å². The van der Waals surface area contributed by atoms with Gasteiger partial charge in [-0.05, 0) is 60.8 Å². The molecule has 0 saturated heterocycles. The fraction of sp³-hybridized carbons (Fsp3) is 0.261. The monoisotopic (exact) mass is 357 g/mol. The summed E-state index contributed by atoms with van der Waals surface area (Å²) >= 11 is 0. The average Bonchev–Trinajstić information content (AvgIpc) is 2.64. The molecule has 0 spiro atoms. The molecule has 0 radical (unpaired) electrons. The summed E-state index contributed by atoms with van der Waals surface area (Å²) in [6.07, 6.45) is 1.82. The standard InChI is InChI=1S/C23H24BNO2/c1-22(2,26)23(3,4)27-24-19-14-16-12-11-15-8-5-6-9-17(15)20(16)18-10-7-13-25-21(18)19/h5-14,24,26H,1-4H3. The van der Waals surface area contributed by atoms with Gasteiger partial charge in [-0.25, -0.2) is 0 Å². The van der Waals surface area contributed by atoms with Gasteiger partial charge in [0.2, 0.25) is 0 Å². The number of benzene rings is 3. The topological polar surface area (TPSA) is 42.4 Å². The number of pyridine rings is 1. The molecule has 3 nitrogen and oxygen atoms in total. The van der Waals surface area contributed by atoms with Crippen LogP contribution in [0.5, 0.6) is 0 Å². The summed E-state index contributed by atoms with van der Waals surface area (Å²) < 4.78 is 6.13. The molecule has 0 aliphatic heterocycles. The second-order valence-electron chi connectivity index (χ2n) is 8.18. The van der Waals surface area contributed by atoms with Crippen LogP contribution in [0.4, 0.5) is 0 Å². The summed E-state index contributed by atoms with van der Waals surface area (Å²) in [4.78, 5) is 4.66. The minimum Gasteiger partial charge on any atom is -0.427 e. The number of fused-ring (bicyclic) bond motifs is 5. The molecular formula is C23H24BNO2. The van der Waals surface area contributed by atoms with Crippen molar-refractivity contribution >= 4 is 45.4 Å². The number of nitrogens with zero attached hydrogens (tertiary/aromatic N) is 1. The lowest BCUT2D eigenvalue weighted by Crippen LogP contribution is -2.49. The van der Waals surface area contributed by atoms with E-state index in [2.05, 4.69) is 53.5 Å². The quantitative estimate of drug-likeness (QED) is 0.442. The Morgan fingerprint density at radius 3 is 2.37 bits per heavy atom. The molecular weight excluding hydrogens is 333 g/mol. The third kappa shape index (κ3) is 3.09. The predicted octanol–water partition coefficient (Wildman–Crippen LogP) is 4.08. The molecule has 4 heteroatoms. The van der Waals surface area contributed by atoms with E-state index in [0.29, 0.717) is 7.48 Å². The first-order valence-corrected chi connectivity index (χ1v) is 9.32. The van der Waals surface area contributed by atoms with Crippen LogP contribution in [0, 0.1) is 0 Å². The minimum atomic E-state index is -0.941. The van der Waals surface area contributed by atoms with Crippen molar-refractivity contribution in [2.24, 2.45) is 0 Å². The highest BCUT2D eigenvalue weighted by atomic mass is 16.5. The smallest absolute Gasteiger partial charge is 0.311 e. The summed E-state index contributed by atoms with van der Waals surface area (Å²) in [7, 11) is 0.396. The van der Waals surface area contributed by atoms with Crippen molar-refractivity contribution in [1.29, 1.82) is 0 Å². The molecule has 0 aliphatic carbocycles. The highest BCUT2D eigenvalue weighted by molar-refractivity contribution is 6.52. The lowest BCUT2D eigenvalue weighted by Gasteiger charge is -2.37. The van der Waals surface area contributed by atoms with Gasteiger partial charge in [0.25, 0.3) is 0 Å². The lowest BCUT2D eigenvalue weighted by atomic mass is 9.80. The van der Waals surface area contributed by atoms with Gasteiger partial charge in [-0.1, -0.05) is 48.5 Å². The van der Waals surface area contributed by atoms with Crippen LogP contribution in [-0.2, 0) is 4.65 Å². The average molecular weight is 357 g/mol. The molecule has 3 aromatic carbocycles. The van der Waals surface area contributed by atoms with Crippen molar-refractivity contribution in [3.63, 3.8) is 0 Å². The number of hydrogen-bond acceptors (Lipinski definition) is 3. The molecule has 0 fully saturated rings. The Kier molecular flexibility index (Phi) is 4.21. The SMILES string of the molecule is CC(C)(O)C(C)(C)OBc1cc2ccc3ccccc3c2c2cccnc12. The Bertz CT molecular complexity index is 1150. The van der Waals surface area contributed by atoms with Crippen LogP contribution in [0.1, 0.15) is 27.7 Å². The van der Waals surface area contributed by atoms with Crippen LogP contribution >= 0.6 is 0 Å². The molecule has 0 bridgehead atoms. The van der Waals surface area contributed by atoms with E-state index in [1.165, 1.54) is 21.5 Å². The van der Waals surface area contributed by atoms with Crippen molar-refractivity contribution in [2.45, 2.75) is 38.9 Å². The number of aliphatic hydroxyl groups is 1. The van der Waals surface area contributed by atoms with E-state index in [4.69, 9.17) is 4.65 Å². The van der Waals surface area contributed by atoms with E-state index in [1.807, 2.05) is 26.1 Å². The summed E-state index contributed by atoms with van der Waals surface area (Å²) in [5, 5.41) is 16.4. The van der Waals surface area contributed by atoms with E-state index in [1.54, 1.807) is 13.8 Å². The van der Waals surface area contributed by atoms with Crippen LogP contribution in [-0.4, -0.2) is 28.8 Å². The summed E-state index contributed by atoms with van der Waals surface area (Å²) in [5.74, 6) is 0. The van der Waals surface area contributed by atoms with Crippen molar-refractivity contribution < 1.29 is 9.76 Å². The molecule has 4 rings (SSSR count). The fourth-order valence-electron chi connectivity index (χ4n) is 3.37. The first-order chi connectivity index (χ1) is 12.8. The maximum absolute atomic E-state index is 10.4. The molecule has 4 aromatic rings. The zero-order valence-corrected chi connectivity index (χ0v) is 16.3. The first kappa shape index (κ1) is 18.0. The second-order valence-corrected chi connectivity index (χ2v) is 8.18. The Morgan fingerprint density at radius 2 is 1.59 bits per heavy atom. The molecule has 1 heterocycles. The van der Waals surface area contributed by atoms with E-state index in [-0.39, 0.29) is 0 Å². The zero-order chi connectivity index (χ0) is 19.2. The van der Waals surface area contributed by atoms with Crippen molar-refractivity contribution in [2.75, 3.05) is 0 Å². The van der Waals surface area contributed by atoms with Gasteiger partial charge >= 0.3 is 7.48 Å². The first-order valence-electron chi connectivity index (χ1n) is 9.32. The maximum atomic E-state index is 10.4. The normalized spacial score (nSPS) is 12.8. The van der Waals surface area contributed by atoms with Gasteiger partial charge in [0.05, 0.1) is 16.7 Å². The van der Waals surface area contributed by atoms with Crippen LogP contribution in [0.25, 0.3) is 32.4 Å². The van der Waals surface area contributed by atoms with Crippen molar-refractivity contribution in [1.82, 2.24) is 4.98 Å².